The van der Waals surface area contributed by atoms with E-state index >= 15 is 0 Å². The molecule has 2 aromatic carbocycles. The van der Waals surface area contributed by atoms with Gasteiger partial charge in [-0.25, -0.2) is 0 Å². The molecule has 192 valence electrons. The second-order valence-corrected chi connectivity index (χ2v) is 11.2. The van der Waals surface area contributed by atoms with Crippen molar-refractivity contribution in [2.45, 2.75) is 50.4 Å². The Kier molecular flexibility index (Phi) is 8.89. The molecule has 0 saturated heterocycles. The van der Waals surface area contributed by atoms with Crippen molar-refractivity contribution in [1.82, 2.24) is 5.32 Å². The number of nitrogens with one attached hydrogen (secondary N) is 1. The number of aliphatic carboxylic acids is 1. The quantitative estimate of drug-likeness (QED) is 0.275. The van der Waals surface area contributed by atoms with Crippen LogP contribution in [-0.2, 0) is 11.0 Å². The van der Waals surface area contributed by atoms with Gasteiger partial charge in [0.25, 0.3) is 5.91 Å². The Morgan fingerprint density at radius 2 is 1.64 bits per heavy atom. The highest BCUT2D eigenvalue weighted by atomic mass is 32.2. The summed E-state index contributed by atoms with van der Waals surface area (Å²) in [6, 6.07) is 13.0. The number of carboxylic acids is 1. The van der Waals surface area contributed by atoms with E-state index in [1.54, 1.807) is 17.8 Å². The van der Waals surface area contributed by atoms with E-state index in [0.717, 1.165) is 44.2 Å². The van der Waals surface area contributed by atoms with E-state index in [1.165, 1.54) is 23.5 Å². The number of aryl methyl sites for hydroxylation is 2. The summed E-state index contributed by atoms with van der Waals surface area (Å²) in [6.07, 6.45) is -4.49. The molecule has 0 fully saturated rings. The number of hydrogen-bond acceptors (Lipinski definition) is 4. The van der Waals surface area contributed by atoms with Gasteiger partial charge in [-0.15, -0.1) is 23.1 Å². The number of carbonyl (C=O) groups is 2. The molecule has 1 atom stereocenters. The molecule has 3 aromatic rings. The third-order valence-corrected chi connectivity index (χ3v) is 8.51. The number of benzene rings is 2. The number of thioether (sulfide) groups is 1. The first-order valence-corrected chi connectivity index (χ1v) is 13.1. The molecule has 0 radical (unpaired) electrons. The van der Waals surface area contributed by atoms with Crippen LogP contribution in [0.15, 0.2) is 53.4 Å². The molecule has 0 spiro atoms. The zero-order chi connectivity index (χ0) is 26.6. The van der Waals surface area contributed by atoms with Crippen LogP contribution in [0.25, 0.3) is 11.1 Å². The van der Waals surface area contributed by atoms with Crippen LogP contribution in [0.5, 0.6) is 0 Å². The minimum atomic E-state index is -4.37. The van der Waals surface area contributed by atoms with E-state index in [0.29, 0.717) is 4.88 Å². The predicted octanol–water partition coefficient (Wildman–Crippen LogP) is 7.74. The van der Waals surface area contributed by atoms with Crippen LogP contribution >= 0.6 is 23.1 Å². The minimum absolute atomic E-state index is 0.0770. The van der Waals surface area contributed by atoms with Crippen molar-refractivity contribution in [3.05, 3.63) is 75.0 Å². The van der Waals surface area contributed by atoms with Gasteiger partial charge in [0.05, 0.1) is 16.9 Å². The van der Waals surface area contributed by atoms with Crippen LogP contribution in [-0.4, -0.2) is 23.5 Å². The van der Waals surface area contributed by atoms with Crippen molar-refractivity contribution in [2.75, 3.05) is 6.54 Å². The Balaban J connectivity index is 1.80. The van der Waals surface area contributed by atoms with Gasteiger partial charge in [-0.2, -0.15) is 13.2 Å². The highest BCUT2D eigenvalue weighted by Crippen LogP contribution is 2.45. The van der Waals surface area contributed by atoms with Crippen molar-refractivity contribution in [1.29, 1.82) is 0 Å². The smallest absolute Gasteiger partial charge is 0.416 e. The third kappa shape index (κ3) is 6.91. The second-order valence-electron chi connectivity index (χ2n) is 8.89. The Bertz CT molecular complexity index is 1210. The first-order valence-electron chi connectivity index (χ1n) is 11.4. The van der Waals surface area contributed by atoms with E-state index in [9.17, 15) is 22.8 Å². The van der Waals surface area contributed by atoms with Crippen LogP contribution in [0.3, 0.4) is 0 Å². The number of rotatable bonds is 9. The molecular weight excluding hydrogens is 507 g/mol. The first-order chi connectivity index (χ1) is 16.9. The van der Waals surface area contributed by atoms with Gasteiger partial charge in [-0.1, -0.05) is 26.0 Å². The molecule has 0 bridgehead atoms. The highest BCUT2D eigenvalue weighted by Gasteiger charge is 2.30. The van der Waals surface area contributed by atoms with Crippen molar-refractivity contribution in [3.8, 4) is 11.1 Å². The third-order valence-electron chi connectivity index (χ3n) is 5.63. The van der Waals surface area contributed by atoms with Gasteiger partial charge in [0, 0.05) is 21.6 Å². The number of hydrogen-bond donors (Lipinski definition) is 2. The lowest BCUT2D eigenvalue weighted by molar-refractivity contribution is -0.138. The normalized spacial score (nSPS) is 12.6. The lowest BCUT2D eigenvalue weighted by Gasteiger charge is -2.21. The van der Waals surface area contributed by atoms with Crippen molar-refractivity contribution in [2.24, 2.45) is 5.92 Å². The standard InChI is InChI=1S/C27H28F3NO3S2/c1-15(2)25(21-9-10-22(36-21)26(34)31-12-11-23(32)33)35-20-13-16(3)24(17(4)14-20)18-5-7-19(8-6-18)27(28,29)30/h5-10,13-15,25H,11-12H2,1-4H3,(H,31,34)(H,32,33). The van der Waals surface area contributed by atoms with Crippen molar-refractivity contribution >= 4 is 35.0 Å². The summed E-state index contributed by atoms with van der Waals surface area (Å²) in [4.78, 5) is 25.6. The maximum atomic E-state index is 12.9. The molecule has 0 aliphatic heterocycles. The van der Waals surface area contributed by atoms with Gasteiger partial charge in [0.15, 0.2) is 0 Å². The summed E-state index contributed by atoms with van der Waals surface area (Å²) >= 11 is 3.08. The molecule has 0 saturated carbocycles. The summed E-state index contributed by atoms with van der Waals surface area (Å²) < 4.78 is 38.8. The van der Waals surface area contributed by atoms with Gasteiger partial charge in [0.1, 0.15) is 0 Å². The Morgan fingerprint density at radius 1 is 1.03 bits per heavy atom. The summed E-state index contributed by atoms with van der Waals surface area (Å²) in [7, 11) is 0. The highest BCUT2D eigenvalue weighted by molar-refractivity contribution is 7.99. The topological polar surface area (TPSA) is 66.4 Å². The molecule has 1 heterocycles. The van der Waals surface area contributed by atoms with Crippen LogP contribution in [0.1, 0.15) is 56.8 Å². The average molecular weight is 536 g/mol. The number of amides is 1. The summed E-state index contributed by atoms with van der Waals surface area (Å²) in [5, 5.41) is 11.5. The van der Waals surface area contributed by atoms with E-state index in [4.69, 9.17) is 5.11 Å². The fraction of sp³-hybridized carbons (Fsp3) is 0.333. The molecule has 9 heteroatoms. The lowest BCUT2D eigenvalue weighted by Crippen LogP contribution is -2.25. The van der Waals surface area contributed by atoms with Gasteiger partial charge < -0.3 is 10.4 Å². The summed E-state index contributed by atoms with van der Waals surface area (Å²) in [6.45, 7) is 8.21. The lowest BCUT2D eigenvalue weighted by atomic mass is 9.95. The van der Waals surface area contributed by atoms with E-state index in [-0.39, 0.29) is 30.0 Å². The van der Waals surface area contributed by atoms with Gasteiger partial charge in [-0.05, 0) is 78.4 Å². The number of carboxylic acid groups (broad SMARTS) is 1. The van der Waals surface area contributed by atoms with Crippen LogP contribution in [0.4, 0.5) is 13.2 Å². The molecule has 0 aliphatic rings. The molecule has 1 unspecified atom stereocenters. The molecule has 1 amide bonds. The largest absolute Gasteiger partial charge is 0.481 e. The SMILES string of the molecule is Cc1cc(SC(c2ccc(C(=O)NCCC(=O)O)s2)C(C)C)cc(C)c1-c1ccc(C(F)(F)F)cc1. The van der Waals surface area contributed by atoms with Gasteiger partial charge in [-0.3, -0.25) is 9.59 Å². The summed E-state index contributed by atoms with van der Waals surface area (Å²) in [5.41, 5.74) is 2.95. The Morgan fingerprint density at radius 3 is 2.17 bits per heavy atom. The van der Waals surface area contributed by atoms with E-state index in [2.05, 4.69) is 19.2 Å². The summed E-state index contributed by atoms with van der Waals surface area (Å²) in [5.74, 6) is -0.979. The molecule has 36 heavy (non-hydrogen) atoms. The number of halogens is 3. The van der Waals surface area contributed by atoms with Crippen molar-refractivity contribution < 1.29 is 27.9 Å². The maximum Gasteiger partial charge on any atom is 0.416 e. The average Bonchev–Trinajstić information content (AvgIpc) is 3.26. The van der Waals surface area contributed by atoms with E-state index in [1.807, 2.05) is 32.0 Å². The van der Waals surface area contributed by atoms with Crippen molar-refractivity contribution in [3.63, 3.8) is 0 Å². The van der Waals surface area contributed by atoms with Gasteiger partial charge in [0.2, 0.25) is 0 Å². The molecule has 4 nitrogen and oxygen atoms in total. The zero-order valence-corrected chi connectivity index (χ0v) is 22.0. The fourth-order valence-corrected chi connectivity index (χ4v) is 6.56. The van der Waals surface area contributed by atoms with Crippen LogP contribution < -0.4 is 5.32 Å². The van der Waals surface area contributed by atoms with E-state index < -0.39 is 17.7 Å². The second kappa shape index (κ2) is 11.5. The van der Waals surface area contributed by atoms with Gasteiger partial charge >= 0.3 is 12.1 Å². The predicted molar refractivity (Wildman–Crippen MR) is 139 cm³/mol. The number of thiophene rings is 1. The number of carbonyl (C=O) groups excluding carboxylic acids is 1. The fourth-order valence-electron chi connectivity index (χ4n) is 3.94. The molecular formula is C27H28F3NO3S2. The molecule has 0 aliphatic carbocycles. The maximum absolute atomic E-state index is 12.9. The van der Waals surface area contributed by atoms with Crippen LogP contribution in [0.2, 0.25) is 0 Å². The first kappa shape index (κ1) is 27.8. The monoisotopic (exact) mass is 535 g/mol. The van der Waals surface area contributed by atoms with Crippen LogP contribution in [0, 0.1) is 19.8 Å². The Hall–Kier alpha value is -2.78. The molecule has 1 aromatic heterocycles. The number of alkyl halides is 3. The molecule has 3 rings (SSSR count). The minimum Gasteiger partial charge on any atom is -0.481 e. The molecule has 2 N–H and O–H groups in total. The zero-order valence-electron chi connectivity index (χ0n) is 20.4. The Labute approximate surface area is 216 Å².